The second kappa shape index (κ2) is 28.7. The summed E-state index contributed by atoms with van der Waals surface area (Å²) in [6.07, 6.45) is 29.6. The minimum Gasteiger partial charge on any atom is -0.872 e. The molecule has 0 heterocycles. The van der Waals surface area contributed by atoms with E-state index in [4.69, 9.17) is 4.55 Å². The first-order chi connectivity index (χ1) is 22.9. The van der Waals surface area contributed by atoms with Crippen molar-refractivity contribution in [1.82, 2.24) is 0 Å². The third kappa shape index (κ3) is 24.1. The molecular formula is C38H62CaO8S2. The van der Waals surface area contributed by atoms with E-state index < -0.39 is 35.8 Å². The monoisotopic (exact) mass is 750 g/mol. The van der Waals surface area contributed by atoms with Crippen LogP contribution in [0.4, 0.5) is 0 Å². The van der Waals surface area contributed by atoms with E-state index in [1.54, 1.807) is 12.1 Å². The Balaban J connectivity index is 0.000000922. The predicted molar refractivity (Wildman–Crippen MR) is 198 cm³/mol. The average Bonchev–Trinajstić information content (AvgIpc) is 3.01. The normalized spacial score (nSPS) is 11.5. The van der Waals surface area contributed by atoms with Crippen LogP contribution in [-0.2, 0) is 33.1 Å². The number of benzene rings is 2. The van der Waals surface area contributed by atoms with Crippen molar-refractivity contribution < 1.29 is 36.2 Å². The van der Waals surface area contributed by atoms with Gasteiger partial charge in [-0.25, -0.2) is 8.42 Å². The van der Waals surface area contributed by atoms with Crippen LogP contribution in [0.2, 0.25) is 0 Å². The molecule has 2 aromatic carbocycles. The molecule has 0 aliphatic carbocycles. The Labute approximate surface area is 328 Å². The van der Waals surface area contributed by atoms with E-state index in [1.807, 2.05) is 0 Å². The number of unbranched alkanes of at least 4 members (excludes halogenated alkanes) is 20. The van der Waals surface area contributed by atoms with Gasteiger partial charge in [0.15, 0.2) is 0 Å². The molecule has 0 amide bonds. The average molecular weight is 751 g/mol. The van der Waals surface area contributed by atoms with Gasteiger partial charge in [-0.3, -0.25) is 4.55 Å². The molecule has 2 N–H and O–H groups in total. The van der Waals surface area contributed by atoms with Crippen LogP contribution in [0, 0.1) is 0 Å². The van der Waals surface area contributed by atoms with Crippen molar-refractivity contribution in [3.05, 3.63) is 47.5 Å². The van der Waals surface area contributed by atoms with Crippen molar-refractivity contribution in [2.24, 2.45) is 0 Å². The third-order valence-corrected chi connectivity index (χ3v) is 10.5. The van der Waals surface area contributed by atoms with Gasteiger partial charge in [-0.1, -0.05) is 166 Å². The molecule has 0 fully saturated rings. The molecule has 49 heavy (non-hydrogen) atoms. The maximum atomic E-state index is 11.6. The van der Waals surface area contributed by atoms with Gasteiger partial charge in [0.2, 0.25) is 0 Å². The first-order valence-electron chi connectivity index (χ1n) is 18.4. The van der Waals surface area contributed by atoms with Gasteiger partial charge >= 0.3 is 37.7 Å². The molecule has 0 saturated carbocycles. The molecule has 2 rings (SSSR count). The van der Waals surface area contributed by atoms with Crippen molar-refractivity contribution in [1.29, 1.82) is 0 Å². The van der Waals surface area contributed by atoms with Gasteiger partial charge in [0, 0.05) is 4.90 Å². The fourth-order valence-electron chi connectivity index (χ4n) is 5.84. The molecule has 0 spiro atoms. The van der Waals surface area contributed by atoms with Crippen LogP contribution in [-0.4, -0.2) is 68.8 Å². The Bertz CT molecular complexity index is 1240. The SMILES string of the molecule is CCCCCCCCCCCCCc1ccc(S(=O)(=O)O)c(O)c1.CCCCCCCCCCCCCc1ccc(S(=O)(=O)[O-])c([O-])c1.[Ca+2]. The van der Waals surface area contributed by atoms with Gasteiger partial charge in [-0.15, -0.1) is 0 Å². The summed E-state index contributed by atoms with van der Waals surface area (Å²) in [6, 6.07) is 8.33. The summed E-state index contributed by atoms with van der Waals surface area (Å²) >= 11 is 0. The molecule has 0 bridgehead atoms. The van der Waals surface area contributed by atoms with E-state index in [0.717, 1.165) is 55.7 Å². The summed E-state index contributed by atoms with van der Waals surface area (Å²) in [4.78, 5) is -1.07. The molecule has 0 saturated heterocycles. The number of hydrogen-bond donors (Lipinski definition) is 2. The van der Waals surface area contributed by atoms with Gasteiger partial charge in [0.05, 0.1) is 0 Å². The summed E-state index contributed by atoms with van der Waals surface area (Å²) in [5.74, 6) is -1.07. The molecule has 0 atom stereocenters. The molecular weight excluding hydrogens is 689 g/mol. The molecule has 11 heteroatoms. The number of rotatable bonds is 26. The zero-order valence-corrected chi connectivity index (χ0v) is 34.1. The minimum atomic E-state index is -4.66. The van der Waals surface area contributed by atoms with E-state index in [9.17, 15) is 31.6 Å². The van der Waals surface area contributed by atoms with Gasteiger partial charge in [0.1, 0.15) is 20.8 Å². The largest absolute Gasteiger partial charge is 2.00 e. The first-order valence-corrected chi connectivity index (χ1v) is 21.3. The number of phenolic OH excluding ortho intramolecular Hbond substituents is 1. The molecule has 0 unspecified atom stereocenters. The Morgan fingerprint density at radius 1 is 0.531 bits per heavy atom. The molecule has 0 radical (unpaired) electrons. The van der Waals surface area contributed by atoms with Crippen LogP contribution >= 0.6 is 0 Å². The number of aryl methyl sites for hydroxylation is 2. The third-order valence-electron chi connectivity index (χ3n) is 8.72. The topological polar surface area (TPSA) is 155 Å². The van der Waals surface area contributed by atoms with Crippen LogP contribution in [0.5, 0.6) is 11.5 Å². The quantitative estimate of drug-likeness (QED) is 0.0547. The second-order valence-electron chi connectivity index (χ2n) is 13.1. The van der Waals surface area contributed by atoms with Gasteiger partial charge in [0.25, 0.3) is 10.1 Å². The molecule has 0 aliphatic heterocycles. The molecule has 0 aromatic heterocycles. The van der Waals surface area contributed by atoms with E-state index in [2.05, 4.69) is 13.8 Å². The fourth-order valence-corrected chi connectivity index (χ4v) is 6.94. The van der Waals surface area contributed by atoms with Crippen molar-refractivity contribution >= 4 is 58.0 Å². The number of phenols is 1. The Hall–Kier alpha value is -0.880. The Morgan fingerprint density at radius 3 is 1.16 bits per heavy atom. The van der Waals surface area contributed by atoms with E-state index >= 15 is 0 Å². The van der Waals surface area contributed by atoms with Gasteiger partial charge in [-0.05, 0) is 55.0 Å². The summed E-state index contributed by atoms with van der Waals surface area (Å²) in [7, 11) is -9.00. The van der Waals surface area contributed by atoms with Gasteiger partial charge in [-0.2, -0.15) is 8.42 Å². The standard InChI is InChI=1S/2C19H32O4S.Ca/c2*1-2-3-4-5-6-7-8-9-10-11-12-13-17-14-15-19(18(20)16-17)24(21,22)23;/h2*14-16,20H,2-13H2,1H3,(H,21,22,23);/q;;+2/p-2. The molecule has 8 nitrogen and oxygen atoms in total. The molecule has 0 aliphatic rings. The van der Waals surface area contributed by atoms with E-state index in [-0.39, 0.29) is 43.5 Å². The van der Waals surface area contributed by atoms with Crippen LogP contribution in [0.15, 0.2) is 46.2 Å². The van der Waals surface area contributed by atoms with Crippen LogP contribution in [0.1, 0.15) is 166 Å². The summed E-state index contributed by atoms with van der Waals surface area (Å²) in [5, 5.41) is 21.3. The zero-order chi connectivity index (χ0) is 35.7. The van der Waals surface area contributed by atoms with Crippen molar-refractivity contribution in [3.63, 3.8) is 0 Å². The number of aromatic hydroxyl groups is 1. The van der Waals surface area contributed by atoms with Crippen LogP contribution in [0.25, 0.3) is 0 Å². The van der Waals surface area contributed by atoms with Crippen LogP contribution < -0.4 is 5.11 Å². The summed E-state index contributed by atoms with van der Waals surface area (Å²) in [6.45, 7) is 4.47. The predicted octanol–water partition coefficient (Wildman–Crippen LogP) is 9.63. The van der Waals surface area contributed by atoms with Crippen molar-refractivity contribution in [3.8, 4) is 11.5 Å². The van der Waals surface area contributed by atoms with Crippen LogP contribution in [0.3, 0.4) is 0 Å². The maximum Gasteiger partial charge on any atom is 2.00 e. The first kappa shape index (κ1) is 48.1. The summed E-state index contributed by atoms with van der Waals surface area (Å²) < 4.78 is 63.6. The number of hydrogen-bond acceptors (Lipinski definition) is 7. The van der Waals surface area contributed by atoms with Crippen molar-refractivity contribution in [2.75, 3.05) is 0 Å². The Morgan fingerprint density at radius 2 is 0.857 bits per heavy atom. The molecule has 276 valence electrons. The van der Waals surface area contributed by atoms with E-state index in [0.29, 0.717) is 0 Å². The summed E-state index contributed by atoms with van der Waals surface area (Å²) in [5.41, 5.74) is 1.71. The zero-order valence-electron chi connectivity index (χ0n) is 30.3. The minimum absolute atomic E-state index is 0. The van der Waals surface area contributed by atoms with Crippen molar-refractivity contribution in [2.45, 2.75) is 178 Å². The molecule has 2 aromatic rings. The second-order valence-corrected chi connectivity index (χ2v) is 15.8. The van der Waals surface area contributed by atoms with Gasteiger partial charge < -0.3 is 14.8 Å². The van der Waals surface area contributed by atoms with E-state index in [1.165, 1.54) is 134 Å². The fraction of sp³-hybridized carbons (Fsp3) is 0.684. The Kier molecular flexibility index (Phi) is 28.2. The smallest absolute Gasteiger partial charge is 0.872 e. The maximum absolute atomic E-state index is 11.6.